The maximum atomic E-state index is 13.6. The Bertz CT molecular complexity index is 1230. The Labute approximate surface area is 200 Å². The van der Waals surface area contributed by atoms with Crippen LogP contribution >= 0.6 is 0 Å². The van der Waals surface area contributed by atoms with E-state index in [4.69, 9.17) is 14.6 Å². The first-order chi connectivity index (χ1) is 16.9. The number of carbonyl (C=O) groups is 3. The van der Waals surface area contributed by atoms with Crippen LogP contribution in [0.5, 0.6) is 0 Å². The number of aromatic carboxylic acids is 1. The van der Waals surface area contributed by atoms with Crippen LogP contribution in [-0.2, 0) is 14.3 Å². The van der Waals surface area contributed by atoms with Gasteiger partial charge in [-0.15, -0.1) is 0 Å². The number of rotatable bonds is 8. The number of carboxylic acid groups (broad SMARTS) is 1. The van der Waals surface area contributed by atoms with Crippen LogP contribution in [0.2, 0.25) is 0 Å². The summed E-state index contributed by atoms with van der Waals surface area (Å²) in [5.41, 5.74) is 3.76. The van der Waals surface area contributed by atoms with Gasteiger partial charge in [-0.3, -0.25) is 4.79 Å². The van der Waals surface area contributed by atoms with Crippen LogP contribution in [0.25, 0.3) is 11.1 Å². The minimum absolute atomic E-state index is 0.0595. The predicted molar refractivity (Wildman–Crippen MR) is 126 cm³/mol. The van der Waals surface area contributed by atoms with E-state index in [1.54, 1.807) is 0 Å². The van der Waals surface area contributed by atoms with Crippen molar-refractivity contribution in [3.8, 4) is 11.1 Å². The highest BCUT2D eigenvalue weighted by molar-refractivity contribution is 5.98. The molecule has 0 fully saturated rings. The number of methoxy groups -OCH3 is 1. The van der Waals surface area contributed by atoms with E-state index >= 15 is 0 Å². The van der Waals surface area contributed by atoms with Crippen molar-refractivity contribution in [3.05, 3.63) is 89.2 Å². The second kappa shape index (κ2) is 10.4. The van der Waals surface area contributed by atoms with Gasteiger partial charge in [0.25, 0.3) is 0 Å². The molecule has 3 aromatic carbocycles. The van der Waals surface area contributed by atoms with Gasteiger partial charge in [0.05, 0.1) is 12.2 Å². The van der Waals surface area contributed by atoms with Crippen LogP contribution < -0.4 is 10.6 Å². The van der Waals surface area contributed by atoms with Gasteiger partial charge in [-0.1, -0.05) is 48.5 Å². The monoisotopic (exact) mass is 478 g/mol. The average molecular weight is 478 g/mol. The Morgan fingerprint density at radius 1 is 1.00 bits per heavy atom. The summed E-state index contributed by atoms with van der Waals surface area (Å²) in [6, 6.07) is 17.8. The summed E-state index contributed by atoms with van der Waals surface area (Å²) >= 11 is 0. The molecule has 2 amide bonds. The topological polar surface area (TPSA) is 114 Å². The molecule has 0 saturated heterocycles. The molecule has 3 aromatic rings. The number of amides is 2. The number of carboxylic acids is 1. The highest BCUT2D eigenvalue weighted by atomic mass is 19.1. The number of anilines is 1. The molecular formula is C26H23FN2O6. The number of halogens is 1. The van der Waals surface area contributed by atoms with Gasteiger partial charge in [-0.25, -0.2) is 14.0 Å². The summed E-state index contributed by atoms with van der Waals surface area (Å²) in [7, 11) is 1.36. The third-order valence-corrected chi connectivity index (χ3v) is 5.75. The number of ether oxygens (including phenoxy) is 2. The first kappa shape index (κ1) is 23.9. The molecule has 1 aliphatic carbocycles. The molecule has 1 atom stereocenters. The van der Waals surface area contributed by atoms with Crippen LogP contribution in [0.4, 0.5) is 14.9 Å². The fourth-order valence-corrected chi connectivity index (χ4v) is 4.13. The Balaban J connectivity index is 1.41. The van der Waals surface area contributed by atoms with E-state index < -0.39 is 35.4 Å². The molecule has 8 nitrogen and oxygen atoms in total. The standard InChI is InChI=1S/C26H23FN2O6/c1-34-14-23(24(30)28-15-10-11-22(27)20(12-15)25(31)32)29-26(33)35-13-21-18-8-4-2-6-16(18)17-7-3-5-9-19(17)21/h2-12,21,23H,13-14H2,1H3,(H,28,30)(H,29,33)(H,31,32)/t23-/m0/s1. The number of nitrogens with one attached hydrogen (secondary N) is 2. The van der Waals surface area contributed by atoms with E-state index in [1.165, 1.54) is 13.2 Å². The van der Waals surface area contributed by atoms with E-state index in [9.17, 15) is 18.8 Å². The van der Waals surface area contributed by atoms with Crippen molar-refractivity contribution in [2.45, 2.75) is 12.0 Å². The summed E-state index contributed by atoms with van der Waals surface area (Å²) in [6.07, 6.45) is -0.811. The molecule has 0 spiro atoms. The van der Waals surface area contributed by atoms with Crippen molar-refractivity contribution < 1.29 is 33.4 Å². The van der Waals surface area contributed by atoms with E-state index in [-0.39, 0.29) is 24.8 Å². The van der Waals surface area contributed by atoms with Crippen LogP contribution in [0.3, 0.4) is 0 Å². The molecule has 35 heavy (non-hydrogen) atoms. The predicted octanol–water partition coefficient (Wildman–Crippen LogP) is 4.02. The van der Waals surface area contributed by atoms with E-state index in [0.29, 0.717) is 0 Å². The van der Waals surface area contributed by atoms with Gasteiger partial charge < -0.3 is 25.2 Å². The van der Waals surface area contributed by atoms with Gasteiger partial charge in [-0.2, -0.15) is 0 Å². The molecule has 4 rings (SSSR count). The van der Waals surface area contributed by atoms with Crippen LogP contribution in [0.1, 0.15) is 27.4 Å². The van der Waals surface area contributed by atoms with Crippen molar-refractivity contribution in [3.63, 3.8) is 0 Å². The molecule has 0 aromatic heterocycles. The van der Waals surface area contributed by atoms with E-state index in [2.05, 4.69) is 10.6 Å². The lowest BCUT2D eigenvalue weighted by Crippen LogP contribution is -2.47. The van der Waals surface area contributed by atoms with Crippen molar-refractivity contribution in [2.75, 3.05) is 25.6 Å². The molecular weight excluding hydrogens is 455 g/mol. The molecule has 0 radical (unpaired) electrons. The fourth-order valence-electron chi connectivity index (χ4n) is 4.13. The average Bonchev–Trinajstić information content (AvgIpc) is 3.17. The molecule has 0 bridgehead atoms. The third-order valence-electron chi connectivity index (χ3n) is 5.75. The number of fused-ring (bicyclic) bond motifs is 3. The summed E-state index contributed by atoms with van der Waals surface area (Å²) in [5.74, 6) is -3.22. The van der Waals surface area contributed by atoms with Crippen molar-refractivity contribution in [2.24, 2.45) is 0 Å². The van der Waals surface area contributed by atoms with E-state index in [1.807, 2.05) is 48.5 Å². The summed E-state index contributed by atoms with van der Waals surface area (Å²) in [6.45, 7) is -0.0931. The Hall–Kier alpha value is -4.24. The Morgan fingerprint density at radius 3 is 2.23 bits per heavy atom. The van der Waals surface area contributed by atoms with Crippen LogP contribution in [0.15, 0.2) is 66.7 Å². The number of hydrogen-bond acceptors (Lipinski definition) is 5. The number of carbonyl (C=O) groups excluding carboxylic acids is 2. The third kappa shape index (κ3) is 5.15. The zero-order valence-electron chi connectivity index (χ0n) is 18.8. The largest absolute Gasteiger partial charge is 0.478 e. The lowest BCUT2D eigenvalue weighted by Gasteiger charge is -2.19. The van der Waals surface area contributed by atoms with Crippen LogP contribution in [-0.4, -0.2) is 49.4 Å². The molecule has 0 saturated carbocycles. The molecule has 180 valence electrons. The van der Waals surface area contributed by atoms with Gasteiger partial charge in [-0.05, 0) is 40.5 Å². The first-order valence-corrected chi connectivity index (χ1v) is 10.8. The zero-order chi connectivity index (χ0) is 24.9. The van der Waals surface area contributed by atoms with Gasteiger partial charge in [0.2, 0.25) is 5.91 Å². The van der Waals surface area contributed by atoms with Gasteiger partial charge in [0.15, 0.2) is 0 Å². The van der Waals surface area contributed by atoms with E-state index in [0.717, 1.165) is 34.4 Å². The SMILES string of the molecule is COC[C@H](NC(=O)OCC1c2ccccc2-c2ccccc21)C(=O)Nc1ccc(F)c(C(=O)O)c1. The van der Waals surface area contributed by atoms with Crippen molar-refractivity contribution in [1.82, 2.24) is 5.32 Å². The quantitative estimate of drug-likeness (QED) is 0.451. The number of hydrogen-bond donors (Lipinski definition) is 3. The minimum Gasteiger partial charge on any atom is -0.478 e. The smallest absolute Gasteiger partial charge is 0.407 e. The summed E-state index contributed by atoms with van der Waals surface area (Å²) < 4.78 is 24.1. The first-order valence-electron chi connectivity index (χ1n) is 10.8. The van der Waals surface area contributed by atoms with Crippen molar-refractivity contribution >= 4 is 23.7 Å². The molecule has 3 N–H and O–H groups in total. The lowest BCUT2D eigenvalue weighted by atomic mass is 9.98. The number of alkyl carbamates (subject to hydrolysis) is 1. The zero-order valence-corrected chi connectivity index (χ0v) is 18.8. The molecule has 0 unspecified atom stereocenters. The molecule has 9 heteroatoms. The second-order valence-corrected chi connectivity index (χ2v) is 7.97. The summed E-state index contributed by atoms with van der Waals surface area (Å²) in [5, 5.41) is 14.0. The maximum absolute atomic E-state index is 13.6. The molecule has 1 aliphatic rings. The Kier molecular flexibility index (Phi) is 7.07. The molecule has 0 aliphatic heterocycles. The summed E-state index contributed by atoms with van der Waals surface area (Å²) in [4.78, 5) is 36.4. The van der Waals surface area contributed by atoms with Crippen molar-refractivity contribution in [1.29, 1.82) is 0 Å². The normalized spacial score (nSPS) is 12.9. The Morgan fingerprint density at radius 2 is 1.63 bits per heavy atom. The molecule has 0 heterocycles. The minimum atomic E-state index is -1.47. The maximum Gasteiger partial charge on any atom is 0.407 e. The van der Waals surface area contributed by atoms with Gasteiger partial charge >= 0.3 is 12.1 Å². The number of benzene rings is 3. The second-order valence-electron chi connectivity index (χ2n) is 7.97. The van der Waals surface area contributed by atoms with Gasteiger partial charge in [0.1, 0.15) is 18.5 Å². The lowest BCUT2D eigenvalue weighted by molar-refractivity contribution is -0.119. The highest BCUT2D eigenvalue weighted by Gasteiger charge is 2.30. The van der Waals surface area contributed by atoms with Gasteiger partial charge in [0, 0.05) is 18.7 Å². The van der Waals surface area contributed by atoms with Crippen LogP contribution in [0, 0.1) is 5.82 Å². The highest BCUT2D eigenvalue weighted by Crippen LogP contribution is 2.44. The fraction of sp³-hybridized carbons (Fsp3) is 0.192.